The zero-order valence-electron chi connectivity index (χ0n) is 17.4. The number of hydrogen-bond donors (Lipinski definition) is 2. The molecule has 0 unspecified atom stereocenters. The smallest absolute Gasteiger partial charge is 0.341 e. The molecule has 1 aromatic carbocycles. The number of anilines is 2. The number of thiophene rings is 2. The summed E-state index contributed by atoms with van der Waals surface area (Å²) in [5.74, 6) is -1.37. The van der Waals surface area contributed by atoms with Gasteiger partial charge in [-0.15, -0.1) is 22.7 Å². The summed E-state index contributed by atoms with van der Waals surface area (Å²) in [5.41, 5.74) is 3.32. The van der Waals surface area contributed by atoms with Gasteiger partial charge in [0, 0.05) is 5.69 Å². The molecule has 0 saturated carbocycles. The molecule has 0 bridgehead atoms. The Balaban J connectivity index is 1.95. The van der Waals surface area contributed by atoms with Gasteiger partial charge in [0.2, 0.25) is 0 Å². The summed E-state index contributed by atoms with van der Waals surface area (Å²) in [7, 11) is 0. The molecule has 0 aliphatic rings. The lowest BCUT2D eigenvalue weighted by Crippen LogP contribution is -2.14. The van der Waals surface area contributed by atoms with Crippen LogP contribution in [0.3, 0.4) is 0 Å². The number of carbonyl (C=O) groups is 3. The van der Waals surface area contributed by atoms with Crippen molar-refractivity contribution >= 4 is 62.7 Å². The van der Waals surface area contributed by atoms with Crippen molar-refractivity contribution in [3.63, 3.8) is 0 Å². The lowest BCUT2D eigenvalue weighted by atomic mass is 10.1. The van der Waals surface area contributed by atoms with E-state index in [1.165, 1.54) is 0 Å². The highest BCUT2D eigenvalue weighted by Crippen LogP contribution is 2.35. The van der Waals surface area contributed by atoms with E-state index in [1.54, 1.807) is 26.0 Å². The first-order valence-corrected chi connectivity index (χ1v) is 11.5. The summed E-state index contributed by atoms with van der Waals surface area (Å²) in [6.07, 6.45) is 0. The summed E-state index contributed by atoms with van der Waals surface area (Å²) in [6, 6.07) is 8.93. The molecule has 0 atom stereocenters. The molecule has 2 amide bonds. The fourth-order valence-electron chi connectivity index (χ4n) is 3.00. The number of aryl methyl sites for hydroxylation is 2. The van der Waals surface area contributed by atoms with E-state index in [0.717, 1.165) is 33.8 Å². The monoisotopic (exact) mass is 476 g/mol. The van der Waals surface area contributed by atoms with Crippen LogP contribution in [0.25, 0.3) is 0 Å². The number of halogens is 1. The molecule has 3 rings (SSSR count). The third kappa shape index (κ3) is 5.15. The van der Waals surface area contributed by atoms with Gasteiger partial charge in [-0.3, -0.25) is 9.59 Å². The van der Waals surface area contributed by atoms with Crippen molar-refractivity contribution in [2.45, 2.75) is 27.7 Å². The minimum atomic E-state index is -0.596. The maximum absolute atomic E-state index is 13.0. The van der Waals surface area contributed by atoms with Gasteiger partial charge in [0.25, 0.3) is 11.8 Å². The second-order valence-electron chi connectivity index (χ2n) is 6.81. The van der Waals surface area contributed by atoms with E-state index in [2.05, 4.69) is 10.6 Å². The maximum atomic E-state index is 13.0. The molecule has 0 aliphatic heterocycles. The Morgan fingerprint density at radius 2 is 1.74 bits per heavy atom. The van der Waals surface area contributed by atoms with E-state index < -0.39 is 11.9 Å². The molecule has 162 valence electrons. The lowest BCUT2D eigenvalue weighted by molar-refractivity contribution is 0.0527. The number of rotatable bonds is 6. The molecule has 2 N–H and O–H groups in total. The molecule has 2 aromatic heterocycles. The summed E-state index contributed by atoms with van der Waals surface area (Å²) in [6.45, 7) is 7.41. The third-order valence-electron chi connectivity index (χ3n) is 4.49. The zero-order chi connectivity index (χ0) is 22.7. The van der Waals surface area contributed by atoms with Crippen LogP contribution >= 0.6 is 34.3 Å². The fraction of sp³-hybridized carbons (Fsp3) is 0.227. The Morgan fingerprint density at radius 1 is 1.00 bits per heavy atom. The van der Waals surface area contributed by atoms with Crippen LogP contribution < -0.4 is 10.6 Å². The average Bonchev–Trinajstić information content (AvgIpc) is 3.27. The lowest BCUT2D eigenvalue weighted by Gasteiger charge is -2.09. The Bertz CT molecular complexity index is 1170. The molecule has 6 nitrogen and oxygen atoms in total. The average molecular weight is 477 g/mol. The molecular formula is C22H21ClN2O4S2. The molecule has 0 saturated heterocycles. The van der Waals surface area contributed by atoms with Crippen LogP contribution in [0.2, 0.25) is 4.34 Å². The van der Waals surface area contributed by atoms with Gasteiger partial charge in [0.05, 0.1) is 26.3 Å². The van der Waals surface area contributed by atoms with Crippen LogP contribution in [0.4, 0.5) is 10.7 Å². The van der Waals surface area contributed by atoms with Crippen molar-refractivity contribution in [3.8, 4) is 0 Å². The molecule has 3 aromatic rings. The van der Waals surface area contributed by atoms with E-state index in [4.69, 9.17) is 16.3 Å². The van der Waals surface area contributed by atoms with Crippen molar-refractivity contribution in [1.82, 2.24) is 0 Å². The highest BCUT2D eigenvalue weighted by molar-refractivity contribution is 7.19. The van der Waals surface area contributed by atoms with Gasteiger partial charge in [-0.2, -0.15) is 0 Å². The van der Waals surface area contributed by atoms with E-state index in [0.29, 0.717) is 25.3 Å². The predicted molar refractivity (Wildman–Crippen MR) is 126 cm³/mol. The normalized spacial score (nSPS) is 10.6. The summed E-state index contributed by atoms with van der Waals surface area (Å²) in [5, 5.41) is 5.87. The number of nitrogens with one attached hydrogen (secondary N) is 2. The topological polar surface area (TPSA) is 84.5 Å². The van der Waals surface area contributed by atoms with Crippen molar-refractivity contribution in [1.29, 1.82) is 0 Å². The van der Waals surface area contributed by atoms with Crippen LogP contribution in [0.15, 0.2) is 30.3 Å². The van der Waals surface area contributed by atoms with Crippen LogP contribution in [-0.2, 0) is 4.74 Å². The third-order valence-corrected chi connectivity index (χ3v) is 6.92. The standard InChI is InChI=1S/C22H21ClN2O4S2/c1-5-29-22(28)17-13(4)18(20(27)24-14-7-6-11(2)10-12(14)3)31-21(17)25-19(26)15-8-9-16(23)30-15/h6-10H,5H2,1-4H3,(H,24,27)(H,25,26). The maximum Gasteiger partial charge on any atom is 0.341 e. The number of carbonyl (C=O) groups excluding carboxylic acids is 3. The Labute approximate surface area is 193 Å². The molecule has 0 radical (unpaired) electrons. The largest absolute Gasteiger partial charge is 0.462 e. The predicted octanol–water partition coefficient (Wildman–Crippen LogP) is 6.07. The van der Waals surface area contributed by atoms with Gasteiger partial charge >= 0.3 is 5.97 Å². The number of ether oxygens (including phenoxy) is 1. The number of esters is 1. The highest BCUT2D eigenvalue weighted by Gasteiger charge is 2.27. The van der Waals surface area contributed by atoms with Gasteiger partial charge in [-0.1, -0.05) is 29.3 Å². The quantitative estimate of drug-likeness (QED) is 0.423. The first kappa shape index (κ1) is 23.0. The van der Waals surface area contributed by atoms with E-state index in [1.807, 2.05) is 32.0 Å². The molecule has 0 spiro atoms. The van der Waals surface area contributed by atoms with Gasteiger partial charge < -0.3 is 15.4 Å². The fourth-order valence-corrected chi connectivity index (χ4v) is 5.02. The second-order valence-corrected chi connectivity index (χ2v) is 9.55. The van der Waals surface area contributed by atoms with Gasteiger partial charge in [0.15, 0.2) is 0 Å². The van der Waals surface area contributed by atoms with Crippen molar-refractivity contribution in [2.75, 3.05) is 17.2 Å². The molecule has 0 fully saturated rings. The first-order valence-electron chi connectivity index (χ1n) is 9.47. The van der Waals surface area contributed by atoms with E-state index in [-0.39, 0.29) is 23.1 Å². The highest BCUT2D eigenvalue weighted by atomic mass is 35.5. The van der Waals surface area contributed by atoms with Crippen molar-refractivity contribution in [3.05, 3.63) is 66.7 Å². The van der Waals surface area contributed by atoms with Gasteiger partial charge in [0.1, 0.15) is 5.00 Å². The minimum absolute atomic E-state index is 0.173. The van der Waals surface area contributed by atoms with Crippen LogP contribution in [0, 0.1) is 20.8 Å². The number of hydrogen-bond acceptors (Lipinski definition) is 6. The summed E-state index contributed by atoms with van der Waals surface area (Å²) < 4.78 is 5.63. The summed E-state index contributed by atoms with van der Waals surface area (Å²) >= 11 is 8.07. The molecule has 9 heteroatoms. The molecular weight excluding hydrogens is 456 g/mol. The Kier molecular flexibility index (Phi) is 7.15. The molecule has 2 heterocycles. The van der Waals surface area contributed by atoms with Gasteiger partial charge in [-0.05, 0) is 57.0 Å². The van der Waals surface area contributed by atoms with Crippen LogP contribution in [0.1, 0.15) is 53.3 Å². The first-order chi connectivity index (χ1) is 14.7. The number of benzene rings is 1. The number of amides is 2. The van der Waals surface area contributed by atoms with Crippen LogP contribution in [-0.4, -0.2) is 24.4 Å². The summed E-state index contributed by atoms with van der Waals surface area (Å²) in [4.78, 5) is 38.9. The minimum Gasteiger partial charge on any atom is -0.462 e. The van der Waals surface area contributed by atoms with E-state index >= 15 is 0 Å². The SMILES string of the molecule is CCOC(=O)c1c(NC(=O)c2ccc(Cl)s2)sc(C(=O)Nc2ccc(C)cc2C)c1C. The Morgan fingerprint density at radius 3 is 2.35 bits per heavy atom. The Hall–Kier alpha value is -2.68. The molecule has 0 aliphatic carbocycles. The zero-order valence-corrected chi connectivity index (χ0v) is 19.8. The van der Waals surface area contributed by atoms with E-state index in [9.17, 15) is 14.4 Å². The second kappa shape index (κ2) is 9.64. The van der Waals surface area contributed by atoms with Crippen molar-refractivity contribution in [2.24, 2.45) is 0 Å². The molecule has 31 heavy (non-hydrogen) atoms. The van der Waals surface area contributed by atoms with Crippen molar-refractivity contribution < 1.29 is 19.1 Å². The van der Waals surface area contributed by atoms with Gasteiger partial charge in [-0.25, -0.2) is 4.79 Å². The van der Waals surface area contributed by atoms with Crippen LogP contribution in [0.5, 0.6) is 0 Å².